The van der Waals surface area contributed by atoms with Crippen molar-refractivity contribution < 1.29 is 18.3 Å². The third-order valence-corrected chi connectivity index (χ3v) is 2.60. The molecule has 0 fully saturated rings. The molecule has 0 heterocycles. The lowest BCUT2D eigenvalue weighted by atomic mass is 9.84. The molecule has 4 heteroatoms. The maximum absolute atomic E-state index is 13.5. The lowest BCUT2D eigenvalue weighted by Gasteiger charge is -2.24. The monoisotopic (exact) mass is 232 g/mol. The van der Waals surface area contributed by atoms with E-state index in [-0.39, 0.29) is 17.7 Å². The molecule has 1 nitrogen and oxygen atoms in total. The topological polar surface area (TPSA) is 20.2 Å². The van der Waals surface area contributed by atoms with Crippen LogP contribution in [-0.2, 0) is 11.3 Å². The fraction of sp³-hybridized carbons (Fsp3) is 0.500. The van der Waals surface area contributed by atoms with E-state index in [0.717, 1.165) is 25.1 Å². The van der Waals surface area contributed by atoms with Crippen LogP contribution in [0.2, 0.25) is 0 Å². The number of benzene rings is 1. The first-order chi connectivity index (χ1) is 7.18. The van der Waals surface area contributed by atoms with E-state index in [0.29, 0.717) is 0 Å². The van der Waals surface area contributed by atoms with Crippen LogP contribution in [0.1, 0.15) is 31.9 Å². The molecule has 16 heavy (non-hydrogen) atoms. The Balaban J connectivity index is 3.30. The van der Waals surface area contributed by atoms with Crippen molar-refractivity contribution in [2.24, 2.45) is 0 Å². The normalized spacial score (nSPS) is 12.9. The van der Waals surface area contributed by atoms with E-state index in [1.54, 1.807) is 13.8 Å². The summed E-state index contributed by atoms with van der Waals surface area (Å²) >= 11 is 0. The summed E-state index contributed by atoms with van der Waals surface area (Å²) in [5.41, 5.74) is -1.01. The quantitative estimate of drug-likeness (QED) is 0.848. The van der Waals surface area contributed by atoms with Crippen molar-refractivity contribution >= 4 is 0 Å². The van der Waals surface area contributed by atoms with Gasteiger partial charge in [-0.3, -0.25) is 0 Å². The van der Waals surface area contributed by atoms with Crippen molar-refractivity contribution in [3.05, 3.63) is 35.1 Å². The molecule has 0 aliphatic rings. The molecule has 0 aliphatic carbocycles. The SMILES string of the molecule is CC(F)(F)c1ccc(F)c(C(C)(C)CO)c1. The lowest BCUT2D eigenvalue weighted by Crippen LogP contribution is -2.24. The van der Waals surface area contributed by atoms with E-state index in [4.69, 9.17) is 5.11 Å². The zero-order valence-corrected chi connectivity index (χ0v) is 9.52. The second kappa shape index (κ2) is 4.09. The molecular formula is C12H15F3O. The average Bonchev–Trinajstić information content (AvgIpc) is 2.16. The maximum Gasteiger partial charge on any atom is 0.270 e. The summed E-state index contributed by atoms with van der Waals surface area (Å²) in [6.07, 6.45) is 0. The van der Waals surface area contributed by atoms with E-state index in [2.05, 4.69) is 0 Å². The van der Waals surface area contributed by atoms with Crippen molar-refractivity contribution in [3.63, 3.8) is 0 Å². The number of aliphatic hydroxyl groups excluding tert-OH is 1. The minimum atomic E-state index is -3.01. The van der Waals surface area contributed by atoms with Gasteiger partial charge in [0.15, 0.2) is 0 Å². The summed E-state index contributed by atoms with van der Waals surface area (Å²) in [7, 11) is 0. The standard InChI is InChI=1S/C12H15F3O/c1-11(2,7-16)9-6-8(12(3,14)15)4-5-10(9)13/h4-6,16H,7H2,1-3H3. The van der Waals surface area contributed by atoms with Crippen LogP contribution in [0.5, 0.6) is 0 Å². The number of rotatable bonds is 3. The van der Waals surface area contributed by atoms with Crippen LogP contribution in [0.15, 0.2) is 18.2 Å². The van der Waals surface area contributed by atoms with Gasteiger partial charge in [0.05, 0.1) is 6.61 Å². The summed E-state index contributed by atoms with van der Waals surface area (Å²) in [5, 5.41) is 9.11. The lowest BCUT2D eigenvalue weighted by molar-refractivity contribution is 0.0172. The van der Waals surface area contributed by atoms with Crippen LogP contribution in [0.4, 0.5) is 13.2 Å². The average molecular weight is 232 g/mol. The van der Waals surface area contributed by atoms with E-state index in [1.165, 1.54) is 0 Å². The first-order valence-electron chi connectivity index (χ1n) is 4.97. The molecule has 90 valence electrons. The van der Waals surface area contributed by atoms with Crippen molar-refractivity contribution in [2.75, 3.05) is 6.61 Å². The van der Waals surface area contributed by atoms with Gasteiger partial charge in [0.1, 0.15) is 5.82 Å². The molecule has 0 saturated carbocycles. The highest BCUT2D eigenvalue weighted by Gasteiger charge is 2.29. The summed E-state index contributed by atoms with van der Waals surface area (Å²) in [4.78, 5) is 0. The number of halogens is 3. The molecule has 0 aromatic heterocycles. The highest BCUT2D eigenvalue weighted by molar-refractivity contribution is 5.32. The molecule has 0 bridgehead atoms. The van der Waals surface area contributed by atoms with Gasteiger partial charge >= 0.3 is 0 Å². The van der Waals surface area contributed by atoms with Crippen LogP contribution < -0.4 is 0 Å². The zero-order valence-electron chi connectivity index (χ0n) is 9.52. The molecule has 1 aromatic carbocycles. The highest BCUT2D eigenvalue weighted by atomic mass is 19.3. The molecule has 0 amide bonds. The van der Waals surface area contributed by atoms with Crippen LogP contribution in [0, 0.1) is 5.82 Å². The second-order valence-electron chi connectivity index (χ2n) is 4.62. The Morgan fingerprint density at radius 1 is 1.19 bits per heavy atom. The first kappa shape index (κ1) is 13.0. The molecule has 0 aliphatic heterocycles. The smallest absolute Gasteiger partial charge is 0.270 e. The maximum atomic E-state index is 13.5. The number of hydrogen-bond acceptors (Lipinski definition) is 1. The van der Waals surface area contributed by atoms with E-state index >= 15 is 0 Å². The molecule has 0 atom stereocenters. The predicted octanol–water partition coefficient (Wildman–Crippen LogP) is 3.21. The largest absolute Gasteiger partial charge is 0.395 e. The summed E-state index contributed by atoms with van der Waals surface area (Å²) in [5.74, 6) is -3.58. The number of aliphatic hydroxyl groups is 1. The minimum Gasteiger partial charge on any atom is -0.395 e. The van der Waals surface area contributed by atoms with Crippen LogP contribution in [-0.4, -0.2) is 11.7 Å². The van der Waals surface area contributed by atoms with Gasteiger partial charge in [0.25, 0.3) is 5.92 Å². The van der Waals surface area contributed by atoms with Crippen molar-refractivity contribution in [1.29, 1.82) is 0 Å². The van der Waals surface area contributed by atoms with Crippen molar-refractivity contribution in [3.8, 4) is 0 Å². The van der Waals surface area contributed by atoms with Crippen LogP contribution in [0.25, 0.3) is 0 Å². The van der Waals surface area contributed by atoms with Gasteiger partial charge in [0.2, 0.25) is 0 Å². The molecular weight excluding hydrogens is 217 g/mol. The Morgan fingerprint density at radius 2 is 1.75 bits per heavy atom. The fourth-order valence-electron chi connectivity index (χ4n) is 1.40. The summed E-state index contributed by atoms with van der Waals surface area (Å²) in [6.45, 7) is 3.66. The van der Waals surface area contributed by atoms with Gasteiger partial charge in [-0.05, 0) is 17.7 Å². The van der Waals surface area contributed by atoms with E-state index < -0.39 is 17.2 Å². The third kappa shape index (κ3) is 2.55. The first-order valence-corrected chi connectivity index (χ1v) is 4.97. The minimum absolute atomic E-state index is 0.106. The van der Waals surface area contributed by atoms with Gasteiger partial charge in [0, 0.05) is 17.9 Å². The molecule has 1 rings (SSSR count). The van der Waals surface area contributed by atoms with Crippen LogP contribution in [0.3, 0.4) is 0 Å². The Bertz CT molecular complexity index is 380. The third-order valence-electron chi connectivity index (χ3n) is 2.60. The second-order valence-corrected chi connectivity index (χ2v) is 4.62. The van der Waals surface area contributed by atoms with E-state index in [9.17, 15) is 13.2 Å². The Hall–Kier alpha value is -1.03. The number of hydrogen-bond donors (Lipinski definition) is 1. The van der Waals surface area contributed by atoms with Gasteiger partial charge in [-0.25, -0.2) is 13.2 Å². The van der Waals surface area contributed by atoms with Crippen LogP contribution >= 0.6 is 0 Å². The Morgan fingerprint density at radius 3 is 2.19 bits per heavy atom. The molecule has 1 N–H and O–H groups in total. The highest BCUT2D eigenvalue weighted by Crippen LogP contribution is 2.32. The zero-order chi connectivity index (χ0) is 12.6. The molecule has 0 saturated heterocycles. The predicted molar refractivity (Wildman–Crippen MR) is 56.1 cm³/mol. The molecule has 0 spiro atoms. The fourth-order valence-corrected chi connectivity index (χ4v) is 1.40. The van der Waals surface area contributed by atoms with Gasteiger partial charge < -0.3 is 5.11 Å². The van der Waals surface area contributed by atoms with Crippen molar-refractivity contribution in [2.45, 2.75) is 32.1 Å². The molecule has 1 aromatic rings. The summed E-state index contributed by atoms with van der Waals surface area (Å²) in [6, 6.07) is 3.19. The molecule has 0 radical (unpaired) electrons. The van der Waals surface area contributed by atoms with E-state index in [1.807, 2.05) is 0 Å². The summed E-state index contributed by atoms with van der Waals surface area (Å²) < 4.78 is 39.6. The molecule has 0 unspecified atom stereocenters. The van der Waals surface area contributed by atoms with Gasteiger partial charge in [-0.1, -0.05) is 19.9 Å². The van der Waals surface area contributed by atoms with Gasteiger partial charge in [-0.2, -0.15) is 0 Å². The number of alkyl halides is 2. The van der Waals surface area contributed by atoms with Crippen molar-refractivity contribution in [1.82, 2.24) is 0 Å². The Kier molecular flexibility index (Phi) is 3.33. The van der Waals surface area contributed by atoms with Gasteiger partial charge in [-0.15, -0.1) is 0 Å². The Labute approximate surface area is 92.9 Å².